The highest BCUT2D eigenvalue weighted by Crippen LogP contribution is 2.23. The molecular weight excluding hydrogens is 184 g/mol. The molecule has 72 valence electrons. The van der Waals surface area contributed by atoms with Crippen LogP contribution in [-0.2, 0) is 0 Å². The molecule has 5 nitrogen and oxygen atoms in total. The minimum absolute atomic E-state index is 0.0504. The van der Waals surface area contributed by atoms with Crippen molar-refractivity contribution in [3.8, 4) is 0 Å². The summed E-state index contributed by atoms with van der Waals surface area (Å²) in [7, 11) is 0. The molecule has 0 saturated heterocycles. The molecule has 0 spiro atoms. The van der Waals surface area contributed by atoms with E-state index >= 15 is 0 Å². The summed E-state index contributed by atoms with van der Waals surface area (Å²) in [5.41, 5.74) is 0.390. The lowest BCUT2D eigenvalue weighted by Crippen LogP contribution is -2.36. The van der Waals surface area contributed by atoms with E-state index in [1.54, 1.807) is 12.1 Å². The maximum Gasteiger partial charge on any atom is 0.413 e. The number of carboxylic acid groups (broad SMARTS) is 1. The van der Waals surface area contributed by atoms with E-state index in [0.717, 1.165) is 4.90 Å². The second-order valence-corrected chi connectivity index (χ2v) is 2.98. The summed E-state index contributed by atoms with van der Waals surface area (Å²) in [5, 5.41) is 8.85. The van der Waals surface area contributed by atoms with E-state index in [1.807, 2.05) is 0 Å². The summed E-state index contributed by atoms with van der Waals surface area (Å²) in [4.78, 5) is 27.2. The molecule has 0 fully saturated rings. The number of ketones is 1. The van der Waals surface area contributed by atoms with Gasteiger partial charge in [0, 0.05) is 19.2 Å². The molecule has 1 aromatic heterocycles. The van der Waals surface area contributed by atoms with Crippen molar-refractivity contribution in [1.29, 1.82) is 0 Å². The van der Waals surface area contributed by atoms with Crippen molar-refractivity contribution >= 4 is 17.7 Å². The number of carbonyl (C=O) groups excluding carboxylic acids is 1. The number of rotatable bonds is 0. The van der Waals surface area contributed by atoms with Gasteiger partial charge < -0.3 is 5.11 Å². The van der Waals surface area contributed by atoms with Gasteiger partial charge in [-0.2, -0.15) is 0 Å². The minimum atomic E-state index is -1.07. The second-order valence-electron chi connectivity index (χ2n) is 2.98. The van der Waals surface area contributed by atoms with Crippen molar-refractivity contribution in [1.82, 2.24) is 4.98 Å². The zero-order valence-corrected chi connectivity index (χ0v) is 7.30. The first kappa shape index (κ1) is 8.68. The fourth-order valence-corrected chi connectivity index (χ4v) is 1.47. The van der Waals surface area contributed by atoms with Crippen molar-refractivity contribution in [3.63, 3.8) is 0 Å². The summed E-state index contributed by atoms with van der Waals surface area (Å²) in [5.74, 6) is 0.196. The van der Waals surface area contributed by atoms with E-state index in [9.17, 15) is 9.59 Å². The molecule has 1 amide bonds. The molecule has 2 heterocycles. The average molecular weight is 192 g/mol. The number of amides is 1. The van der Waals surface area contributed by atoms with Crippen LogP contribution >= 0.6 is 0 Å². The number of pyridine rings is 1. The first-order valence-corrected chi connectivity index (χ1v) is 4.19. The number of hydrogen-bond acceptors (Lipinski definition) is 3. The van der Waals surface area contributed by atoms with Crippen LogP contribution in [0.25, 0.3) is 0 Å². The summed E-state index contributed by atoms with van der Waals surface area (Å²) in [6.45, 7) is 0.193. The van der Waals surface area contributed by atoms with E-state index in [0.29, 0.717) is 5.56 Å². The highest BCUT2D eigenvalue weighted by molar-refractivity contribution is 6.06. The third-order valence-corrected chi connectivity index (χ3v) is 2.14. The van der Waals surface area contributed by atoms with Crippen LogP contribution in [0.15, 0.2) is 18.3 Å². The molecule has 0 bridgehead atoms. The first-order chi connectivity index (χ1) is 6.70. The molecule has 0 radical (unpaired) electrons. The fraction of sp³-hybridized carbons (Fsp3) is 0.222. The van der Waals surface area contributed by atoms with Gasteiger partial charge in [-0.1, -0.05) is 0 Å². The average Bonchev–Trinajstić information content (AvgIpc) is 2.18. The highest BCUT2D eigenvalue weighted by atomic mass is 16.4. The quantitative estimate of drug-likeness (QED) is 0.669. The molecule has 5 heteroatoms. The maximum atomic E-state index is 11.4. The lowest BCUT2D eigenvalue weighted by molar-refractivity contribution is 0.0979. The smallest absolute Gasteiger partial charge is 0.413 e. The molecule has 0 aromatic carbocycles. The van der Waals surface area contributed by atoms with E-state index in [4.69, 9.17) is 5.11 Å². The Kier molecular flexibility index (Phi) is 1.92. The molecule has 1 aliphatic rings. The molecule has 1 N–H and O–H groups in total. The Balaban J connectivity index is 2.52. The van der Waals surface area contributed by atoms with Crippen LogP contribution in [0, 0.1) is 0 Å². The van der Waals surface area contributed by atoms with E-state index in [1.165, 1.54) is 6.20 Å². The topological polar surface area (TPSA) is 70.5 Å². The van der Waals surface area contributed by atoms with Gasteiger partial charge in [-0.3, -0.25) is 9.69 Å². The van der Waals surface area contributed by atoms with Crippen LogP contribution < -0.4 is 4.90 Å². The lowest BCUT2D eigenvalue weighted by Gasteiger charge is -2.24. The van der Waals surface area contributed by atoms with Gasteiger partial charge in [-0.25, -0.2) is 9.78 Å². The van der Waals surface area contributed by atoms with Crippen LogP contribution in [0.3, 0.4) is 0 Å². The SMILES string of the molecule is O=C1CCN(C(=O)O)c2ncccc21. The van der Waals surface area contributed by atoms with Gasteiger partial charge >= 0.3 is 6.09 Å². The molecule has 0 atom stereocenters. The number of anilines is 1. The Morgan fingerprint density at radius 3 is 3.07 bits per heavy atom. The monoisotopic (exact) mass is 192 g/mol. The van der Waals surface area contributed by atoms with Crippen molar-refractivity contribution in [2.75, 3.05) is 11.4 Å². The normalized spacial score (nSPS) is 15.1. The number of Topliss-reactive ketones (excluding diaryl/α,β-unsaturated/α-hetero) is 1. The zero-order valence-electron chi connectivity index (χ0n) is 7.30. The number of nitrogens with zero attached hydrogens (tertiary/aromatic N) is 2. The number of carbonyl (C=O) groups is 2. The lowest BCUT2D eigenvalue weighted by atomic mass is 10.1. The summed E-state index contributed by atoms with van der Waals surface area (Å²) in [6, 6.07) is 3.22. The van der Waals surface area contributed by atoms with Gasteiger partial charge in [0.1, 0.15) is 5.82 Å². The molecule has 1 aromatic rings. The Morgan fingerprint density at radius 1 is 1.57 bits per heavy atom. The van der Waals surface area contributed by atoms with Crippen LogP contribution in [0.2, 0.25) is 0 Å². The fourth-order valence-electron chi connectivity index (χ4n) is 1.47. The summed E-state index contributed by atoms with van der Waals surface area (Å²) < 4.78 is 0. The summed E-state index contributed by atoms with van der Waals surface area (Å²) >= 11 is 0. The summed E-state index contributed by atoms with van der Waals surface area (Å²) in [6.07, 6.45) is 0.635. The molecule has 1 aliphatic heterocycles. The molecule has 0 aliphatic carbocycles. The maximum absolute atomic E-state index is 11.4. The number of hydrogen-bond donors (Lipinski definition) is 1. The predicted molar refractivity (Wildman–Crippen MR) is 48.6 cm³/mol. The number of aromatic nitrogens is 1. The molecule has 14 heavy (non-hydrogen) atoms. The van der Waals surface area contributed by atoms with Gasteiger partial charge in [0.25, 0.3) is 0 Å². The Morgan fingerprint density at radius 2 is 2.36 bits per heavy atom. The highest BCUT2D eigenvalue weighted by Gasteiger charge is 2.27. The van der Waals surface area contributed by atoms with Gasteiger partial charge in [-0.05, 0) is 12.1 Å². The number of fused-ring (bicyclic) bond motifs is 1. The third kappa shape index (κ3) is 1.22. The Bertz CT molecular complexity index is 403. The van der Waals surface area contributed by atoms with E-state index in [2.05, 4.69) is 4.98 Å². The molecular formula is C9H8N2O3. The van der Waals surface area contributed by atoms with Gasteiger partial charge in [-0.15, -0.1) is 0 Å². The standard InChI is InChI=1S/C9H8N2O3/c12-7-3-5-11(9(13)14)8-6(7)2-1-4-10-8/h1-2,4H,3,5H2,(H,13,14). The third-order valence-electron chi connectivity index (χ3n) is 2.14. The van der Waals surface area contributed by atoms with Gasteiger partial charge in [0.15, 0.2) is 5.78 Å². The Hall–Kier alpha value is -1.91. The van der Waals surface area contributed by atoms with Crippen molar-refractivity contribution in [2.24, 2.45) is 0 Å². The zero-order chi connectivity index (χ0) is 10.1. The van der Waals surface area contributed by atoms with Gasteiger partial charge in [0.2, 0.25) is 0 Å². The van der Waals surface area contributed by atoms with Crippen molar-refractivity contribution in [3.05, 3.63) is 23.9 Å². The molecule has 2 rings (SSSR count). The van der Waals surface area contributed by atoms with Crippen molar-refractivity contribution < 1.29 is 14.7 Å². The van der Waals surface area contributed by atoms with E-state index < -0.39 is 6.09 Å². The minimum Gasteiger partial charge on any atom is -0.465 e. The molecule has 0 saturated carbocycles. The van der Waals surface area contributed by atoms with Crippen LogP contribution in [0.4, 0.5) is 10.6 Å². The van der Waals surface area contributed by atoms with Crippen LogP contribution in [-0.4, -0.2) is 28.5 Å². The molecule has 0 unspecified atom stereocenters. The largest absolute Gasteiger partial charge is 0.465 e. The van der Waals surface area contributed by atoms with E-state index in [-0.39, 0.29) is 24.6 Å². The van der Waals surface area contributed by atoms with Crippen molar-refractivity contribution in [2.45, 2.75) is 6.42 Å². The van der Waals surface area contributed by atoms with Crippen LogP contribution in [0.5, 0.6) is 0 Å². The Labute approximate surface area is 80.0 Å². The van der Waals surface area contributed by atoms with Crippen LogP contribution in [0.1, 0.15) is 16.8 Å². The van der Waals surface area contributed by atoms with Gasteiger partial charge in [0.05, 0.1) is 5.56 Å². The first-order valence-electron chi connectivity index (χ1n) is 4.19. The second kappa shape index (κ2) is 3.10. The predicted octanol–water partition coefficient (Wildman–Crippen LogP) is 1.15.